The van der Waals surface area contributed by atoms with E-state index in [1.54, 1.807) is 23.3 Å². The van der Waals surface area contributed by atoms with E-state index >= 15 is 0 Å². The third-order valence-electron chi connectivity index (χ3n) is 2.67. The highest BCUT2D eigenvalue weighted by molar-refractivity contribution is 7.09. The summed E-state index contributed by atoms with van der Waals surface area (Å²) in [6.07, 6.45) is 0.749. The molecule has 0 fully saturated rings. The Morgan fingerprint density at radius 2 is 2.28 bits per heavy atom. The second kappa shape index (κ2) is 7.00. The number of thiophene rings is 1. The molecule has 0 bridgehead atoms. The van der Waals surface area contributed by atoms with Gasteiger partial charge in [0.15, 0.2) is 0 Å². The van der Waals surface area contributed by atoms with Crippen LogP contribution in [0.15, 0.2) is 17.5 Å². The molecule has 1 aromatic rings. The molecule has 2 N–H and O–H groups in total. The van der Waals surface area contributed by atoms with Gasteiger partial charge in [0.25, 0.3) is 0 Å². The smallest absolute Gasteiger partial charge is 0.317 e. The molecule has 1 unspecified atom stereocenters. The number of carbonyl (C=O) groups excluding carboxylic acids is 1. The summed E-state index contributed by atoms with van der Waals surface area (Å²) >= 11 is 1.67. The molecule has 0 aliphatic carbocycles. The predicted molar refractivity (Wildman–Crippen MR) is 70.9 cm³/mol. The lowest BCUT2D eigenvalue weighted by atomic mass is 10.2. The van der Waals surface area contributed by atoms with Gasteiger partial charge in [-0.25, -0.2) is 4.79 Å². The Bertz CT molecular complexity index is 392. The summed E-state index contributed by atoms with van der Waals surface area (Å²) in [5.41, 5.74) is 0. The van der Waals surface area contributed by atoms with Crippen molar-refractivity contribution in [3.8, 4) is 0 Å². The summed E-state index contributed by atoms with van der Waals surface area (Å²) in [5, 5.41) is 13.1. The average molecular weight is 270 g/mol. The van der Waals surface area contributed by atoms with Crippen LogP contribution in [0.5, 0.6) is 0 Å². The van der Waals surface area contributed by atoms with Gasteiger partial charge in [0.05, 0.1) is 6.42 Å². The number of carboxylic acids is 1. The minimum atomic E-state index is -0.912. The highest BCUT2D eigenvalue weighted by Crippen LogP contribution is 2.13. The minimum Gasteiger partial charge on any atom is -0.481 e. The van der Waals surface area contributed by atoms with E-state index in [2.05, 4.69) is 5.32 Å². The highest BCUT2D eigenvalue weighted by atomic mass is 32.1. The minimum absolute atomic E-state index is 0.0567. The van der Waals surface area contributed by atoms with Crippen LogP contribution in [0.2, 0.25) is 0 Å². The Hall–Kier alpha value is -1.56. The number of carboxylic acid groups (broad SMARTS) is 1. The van der Waals surface area contributed by atoms with Gasteiger partial charge in [-0.1, -0.05) is 6.07 Å². The van der Waals surface area contributed by atoms with E-state index in [9.17, 15) is 9.59 Å². The summed E-state index contributed by atoms with van der Waals surface area (Å²) in [5.74, 6) is -0.912. The van der Waals surface area contributed by atoms with E-state index in [1.807, 2.05) is 24.4 Å². The second-order valence-corrected chi connectivity index (χ2v) is 5.15. The fourth-order valence-electron chi connectivity index (χ4n) is 1.46. The van der Waals surface area contributed by atoms with Crippen molar-refractivity contribution in [3.63, 3.8) is 0 Å². The van der Waals surface area contributed by atoms with E-state index in [0.717, 1.165) is 6.42 Å². The number of urea groups is 1. The number of amides is 2. The molecule has 1 aromatic heterocycles. The number of aliphatic carboxylic acids is 1. The third-order valence-corrected chi connectivity index (χ3v) is 3.57. The molecule has 0 aromatic carbocycles. The first-order valence-electron chi connectivity index (χ1n) is 5.75. The molecule has 6 heteroatoms. The van der Waals surface area contributed by atoms with Crippen molar-refractivity contribution < 1.29 is 14.7 Å². The van der Waals surface area contributed by atoms with Gasteiger partial charge in [0.2, 0.25) is 0 Å². The van der Waals surface area contributed by atoms with Crippen molar-refractivity contribution in [2.45, 2.75) is 25.8 Å². The molecule has 5 nitrogen and oxygen atoms in total. The number of hydrogen-bond donors (Lipinski definition) is 2. The Kier molecular flexibility index (Phi) is 5.64. The van der Waals surface area contributed by atoms with E-state index in [4.69, 9.17) is 5.11 Å². The molecule has 0 aliphatic rings. The number of carbonyl (C=O) groups is 2. The van der Waals surface area contributed by atoms with Gasteiger partial charge in [0.1, 0.15) is 0 Å². The Balaban J connectivity index is 2.35. The van der Waals surface area contributed by atoms with Crippen LogP contribution >= 0.6 is 11.3 Å². The molecule has 100 valence electrons. The summed E-state index contributed by atoms with van der Waals surface area (Å²) in [4.78, 5) is 24.9. The first-order chi connectivity index (χ1) is 8.50. The first-order valence-corrected chi connectivity index (χ1v) is 6.63. The van der Waals surface area contributed by atoms with Crippen LogP contribution in [0.4, 0.5) is 4.79 Å². The van der Waals surface area contributed by atoms with Gasteiger partial charge in [-0.05, 0) is 18.4 Å². The molecular formula is C12H18N2O3S. The standard InChI is InChI=1S/C12H18N2O3S/c1-9(8-10-4-3-7-18-10)14(2)12(17)13-6-5-11(15)16/h3-4,7,9H,5-6,8H2,1-2H3,(H,13,17)(H,15,16). The number of likely N-dealkylation sites (N-methyl/N-ethyl adjacent to an activating group) is 1. The van der Waals surface area contributed by atoms with Crippen LogP contribution in [-0.4, -0.2) is 41.6 Å². The van der Waals surface area contributed by atoms with Crippen LogP contribution in [0.1, 0.15) is 18.2 Å². The maximum absolute atomic E-state index is 11.7. The van der Waals surface area contributed by atoms with E-state index in [-0.39, 0.29) is 25.0 Å². The first kappa shape index (κ1) is 14.5. The van der Waals surface area contributed by atoms with Gasteiger partial charge in [0, 0.05) is 30.9 Å². The van der Waals surface area contributed by atoms with Crippen LogP contribution in [0.25, 0.3) is 0 Å². The molecular weight excluding hydrogens is 252 g/mol. The van der Waals surface area contributed by atoms with Crippen molar-refractivity contribution in [1.82, 2.24) is 10.2 Å². The number of hydrogen-bond acceptors (Lipinski definition) is 3. The van der Waals surface area contributed by atoms with Crippen molar-refractivity contribution >= 4 is 23.3 Å². The zero-order valence-corrected chi connectivity index (χ0v) is 11.4. The number of nitrogens with zero attached hydrogens (tertiary/aromatic N) is 1. The van der Waals surface area contributed by atoms with E-state index < -0.39 is 5.97 Å². The highest BCUT2D eigenvalue weighted by Gasteiger charge is 2.16. The lowest BCUT2D eigenvalue weighted by Gasteiger charge is -2.24. The quantitative estimate of drug-likeness (QED) is 0.828. The molecule has 0 saturated heterocycles. The van der Waals surface area contributed by atoms with Gasteiger partial charge in [-0.2, -0.15) is 0 Å². The zero-order chi connectivity index (χ0) is 13.5. The second-order valence-electron chi connectivity index (χ2n) is 4.12. The summed E-state index contributed by atoms with van der Waals surface area (Å²) in [7, 11) is 1.72. The summed E-state index contributed by atoms with van der Waals surface area (Å²) < 4.78 is 0. The Morgan fingerprint density at radius 1 is 1.56 bits per heavy atom. The molecule has 18 heavy (non-hydrogen) atoms. The zero-order valence-electron chi connectivity index (χ0n) is 10.5. The molecule has 0 saturated carbocycles. The van der Waals surface area contributed by atoms with Gasteiger partial charge in [-0.3, -0.25) is 4.79 Å². The molecule has 2 amide bonds. The van der Waals surface area contributed by atoms with Gasteiger partial charge in [-0.15, -0.1) is 11.3 Å². The average Bonchev–Trinajstić information content (AvgIpc) is 2.80. The summed E-state index contributed by atoms with van der Waals surface area (Å²) in [6, 6.07) is 3.87. The molecule has 1 heterocycles. The SMILES string of the molecule is CC(Cc1cccs1)N(C)C(=O)NCCC(=O)O. The van der Waals surface area contributed by atoms with Crippen molar-refractivity contribution in [3.05, 3.63) is 22.4 Å². The molecule has 0 aliphatic heterocycles. The lowest BCUT2D eigenvalue weighted by Crippen LogP contribution is -2.43. The number of nitrogens with one attached hydrogen (secondary N) is 1. The van der Waals surface area contributed by atoms with E-state index in [1.165, 1.54) is 4.88 Å². The van der Waals surface area contributed by atoms with Gasteiger partial charge < -0.3 is 15.3 Å². The maximum Gasteiger partial charge on any atom is 0.317 e. The van der Waals surface area contributed by atoms with Gasteiger partial charge >= 0.3 is 12.0 Å². The Labute approximate surface area is 110 Å². The van der Waals surface area contributed by atoms with Crippen LogP contribution in [-0.2, 0) is 11.2 Å². The summed E-state index contributed by atoms with van der Waals surface area (Å²) in [6.45, 7) is 2.13. The largest absolute Gasteiger partial charge is 0.481 e. The fourth-order valence-corrected chi connectivity index (χ4v) is 2.28. The van der Waals surface area contributed by atoms with E-state index in [0.29, 0.717) is 0 Å². The van der Waals surface area contributed by atoms with Crippen molar-refractivity contribution in [1.29, 1.82) is 0 Å². The molecule has 1 rings (SSSR count). The topological polar surface area (TPSA) is 69.6 Å². The monoisotopic (exact) mass is 270 g/mol. The lowest BCUT2D eigenvalue weighted by molar-refractivity contribution is -0.136. The fraction of sp³-hybridized carbons (Fsp3) is 0.500. The molecule has 1 atom stereocenters. The van der Waals surface area contributed by atoms with Crippen LogP contribution in [0, 0.1) is 0 Å². The van der Waals surface area contributed by atoms with Crippen molar-refractivity contribution in [2.75, 3.05) is 13.6 Å². The van der Waals surface area contributed by atoms with Crippen LogP contribution in [0.3, 0.4) is 0 Å². The third kappa shape index (κ3) is 4.75. The maximum atomic E-state index is 11.7. The Morgan fingerprint density at radius 3 is 2.83 bits per heavy atom. The van der Waals surface area contributed by atoms with Crippen LogP contribution < -0.4 is 5.32 Å². The number of rotatable bonds is 6. The van der Waals surface area contributed by atoms with Crippen molar-refractivity contribution in [2.24, 2.45) is 0 Å². The molecule has 0 spiro atoms. The molecule has 0 radical (unpaired) electrons. The predicted octanol–water partition coefficient (Wildman–Crippen LogP) is 1.80. The normalized spacial score (nSPS) is 11.9.